The van der Waals surface area contributed by atoms with Gasteiger partial charge in [0.2, 0.25) is 5.91 Å². The Morgan fingerprint density at radius 3 is 1.98 bits per heavy atom. The lowest BCUT2D eigenvalue weighted by molar-refractivity contribution is -0.116. The topological polar surface area (TPSA) is 130 Å². The van der Waals surface area contributed by atoms with E-state index in [1.54, 1.807) is 109 Å². The van der Waals surface area contributed by atoms with Crippen LogP contribution in [0.5, 0.6) is 0 Å². The first-order valence-electron chi connectivity index (χ1n) is 14.4. The Morgan fingerprint density at radius 2 is 1.32 bits per heavy atom. The number of nitrogens with two attached hydrogens (primary N) is 1. The van der Waals surface area contributed by atoms with E-state index in [4.69, 9.17) is 17.3 Å². The van der Waals surface area contributed by atoms with Gasteiger partial charge in [0.05, 0.1) is 11.3 Å². The van der Waals surface area contributed by atoms with E-state index < -0.39 is 23.0 Å². The van der Waals surface area contributed by atoms with Crippen molar-refractivity contribution in [2.24, 2.45) is 5.73 Å². The fourth-order valence-electron chi connectivity index (χ4n) is 4.53. The van der Waals surface area contributed by atoms with Crippen LogP contribution >= 0.6 is 23.4 Å². The highest BCUT2D eigenvalue weighted by Gasteiger charge is 2.24. The summed E-state index contributed by atoms with van der Waals surface area (Å²) in [6.45, 7) is 0. The highest BCUT2D eigenvalue weighted by Crippen LogP contribution is 2.37. The Hall–Kier alpha value is -5.64. The number of amides is 4. The number of carbonyl (C=O) groups excluding carboxylic acids is 4. The average molecular weight is 661 g/mol. The minimum Gasteiger partial charge on any atom is -0.366 e. The number of benzene rings is 5. The van der Waals surface area contributed by atoms with Crippen LogP contribution in [-0.2, 0) is 9.59 Å². The minimum absolute atomic E-state index is 0.0386. The summed E-state index contributed by atoms with van der Waals surface area (Å²) in [4.78, 5) is 52.6. The smallest absolute Gasteiger partial charge is 0.272 e. The van der Waals surface area contributed by atoms with Gasteiger partial charge in [-0.1, -0.05) is 84.4 Å². The molecular weight excluding hydrogens is 632 g/mol. The third-order valence-electron chi connectivity index (χ3n) is 6.87. The summed E-state index contributed by atoms with van der Waals surface area (Å²) in [5.74, 6) is -1.94. The molecule has 0 radical (unpaired) electrons. The van der Waals surface area contributed by atoms with Gasteiger partial charge >= 0.3 is 0 Å². The predicted octanol–water partition coefficient (Wildman–Crippen LogP) is 7.32. The zero-order valence-electron chi connectivity index (χ0n) is 24.9. The number of hydrogen-bond acceptors (Lipinski definition) is 5. The second-order valence-corrected chi connectivity index (χ2v) is 11.8. The van der Waals surface area contributed by atoms with Crippen LogP contribution in [0.3, 0.4) is 0 Å². The van der Waals surface area contributed by atoms with Crippen molar-refractivity contribution in [1.82, 2.24) is 5.32 Å². The molecule has 8 nitrogen and oxygen atoms in total. The number of hydrogen-bond donors (Lipinski definition) is 4. The van der Waals surface area contributed by atoms with Gasteiger partial charge in [0.15, 0.2) is 0 Å². The number of halogens is 1. The maximum absolute atomic E-state index is 13.5. The quantitative estimate of drug-likeness (QED) is 0.0871. The summed E-state index contributed by atoms with van der Waals surface area (Å²) < 4.78 is 0. The van der Waals surface area contributed by atoms with Crippen molar-refractivity contribution in [1.29, 1.82) is 0 Å². The van der Waals surface area contributed by atoms with E-state index in [1.165, 1.54) is 11.8 Å². The molecule has 1 atom stereocenters. The van der Waals surface area contributed by atoms with E-state index in [2.05, 4.69) is 16.0 Å². The SMILES string of the molecule is NC(=O)c1ccccc1NC(=O)C(Sc1ccc(NC(=O)/C(=C/c2ccc(Cl)cc2)NC(=O)c2ccccc2)cc1)c1ccccc1. The maximum Gasteiger partial charge on any atom is 0.272 e. The zero-order chi connectivity index (χ0) is 33.2. The summed E-state index contributed by atoms with van der Waals surface area (Å²) in [6.07, 6.45) is 1.57. The second kappa shape index (κ2) is 15.6. The van der Waals surface area contributed by atoms with Crippen molar-refractivity contribution in [3.05, 3.63) is 166 Å². The molecule has 5 rings (SSSR count). The second-order valence-electron chi connectivity index (χ2n) is 10.2. The van der Waals surface area contributed by atoms with E-state index in [1.807, 2.05) is 30.3 Å². The molecule has 0 heterocycles. The summed E-state index contributed by atoms with van der Waals surface area (Å²) in [7, 11) is 0. The Morgan fingerprint density at radius 1 is 0.702 bits per heavy atom. The molecule has 5 N–H and O–H groups in total. The molecule has 0 fully saturated rings. The minimum atomic E-state index is -0.667. The van der Waals surface area contributed by atoms with Crippen LogP contribution < -0.4 is 21.7 Å². The van der Waals surface area contributed by atoms with Crippen molar-refractivity contribution >= 4 is 64.4 Å². The Kier molecular flexibility index (Phi) is 10.9. The molecule has 0 aliphatic rings. The molecule has 1 unspecified atom stereocenters. The lowest BCUT2D eigenvalue weighted by atomic mass is 10.1. The number of nitrogens with one attached hydrogen (secondary N) is 3. The molecule has 0 aliphatic heterocycles. The molecule has 5 aromatic carbocycles. The van der Waals surface area contributed by atoms with E-state index in [0.717, 1.165) is 10.5 Å². The number of rotatable bonds is 11. The molecule has 0 bridgehead atoms. The summed E-state index contributed by atoms with van der Waals surface area (Å²) >= 11 is 7.33. The van der Waals surface area contributed by atoms with Crippen molar-refractivity contribution < 1.29 is 19.2 Å². The summed E-state index contributed by atoms with van der Waals surface area (Å²) in [6, 6.07) is 38.3. The largest absolute Gasteiger partial charge is 0.366 e. The van der Waals surface area contributed by atoms with Crippen molar-refractivity contribution in [3.8, 4) is 0 Å². The number of primary amides is 1. The Balaban J connectivity index is 1.33. The normalized spacial score (nSPS) is 11.6. The third kappa shape index (κ3) is 8.97. The van der Waals surface area contributed by atoms with Gasteiger partial charge in [-0.25, -0.2) is 0 Å². The Bertz CT molecular complexity index is 1920. The van der Waals surface area contributed by atoms with Gasteiger partial charge in [-0.15, -0.1) is 11.8 Å². The third-order valence-corrected chi connectivity index (χ3v) is 8.39. The fraction of sp³-hybridized carbons (Fsp3) is 0.0270. The molecule has 0 saturated carbocycles. The highest BCUT2D eigenvalue weighted by atomic mass is 35.5. The van der Waals surface area contributed by atoms with Gasteiger partial charge in [-0.3, -0.25) is 19.2 Å². The molecule has 0 spiro atoms. The van der Waals surface area contributed by atoms with Gasteiger partial charge in [0.1, 0.15) is 10.9 Å². The molecule has 0 aliphatic carbocycles. The summed E-state index contributed by atoms with van der Waals surface area (Å²) in [5, 5.41) is 8.27. The molecule has 4 amide bonds. The van der Waals surface area contributed by atoms with E-state index in [9.17, 15) is 19.2 Å². The predicted molar refractivity (Wildman–Crippen MR) is 187 cm³/mol. The van der Waals surface area contributed by atoms with Crippen LogP contribution in [0.25, 0.3) is 6.08 Å². The lowest BCUT2D eigenvalue weighted by Crippen LogP contribution is -2.30. The molecule has 47 heavy (non-hydrogen) atoms. The van der Waals surface area contributed by atoms with E-state index in [-0.39, 0.29) is 17.2 Å². The van der Waals surface area contributed by atoms with Crippen LogP contribution in [0.2, 0.25) is 5.02 Å². The van der Waals surface area contributed by atoms with Crippen LogP contribution in [0.4, 0.5) is 11.4 Å². The Labute approximate surface area is 281 Å². The van der Waals surface area contributed by atoms with Crippen molar-refractivity contribution in [2.75, 3.05) is 10.6 Å². The number of anilines is 2. The van der Waals surface area contributed by atoms with Gasteiger partial charge < -0.3 is 21.7 Å². The molecule has 0 saturated heterocycles. The zero-order valence-corrected chi connectivity index (χ0v) is 26.4. The molecule has 0 aromatic heterocycles. The van der Waals surface area contributed by atoms with E-state index >= 15 is 0 Å². The number of thioether (sulfide) groups is 1. The highest BCUT2D eigenvalue weighted by molar-refractivity contribution is 8.00. The maximum atomic E-state index is 13.5. The standard InChI is InChI=1S/C37H29ClN4O4S/c38-27-17-15-24(16-18-27)23-32(42-35(44)26-11-5-2-6-12-26)36(45)40-28-19-21-29(22-20-28)47-33(25-9-3-1-4-10-25)37(46)41-31-14-8-7-13-30(31)34(39)43/h1-23,33H,(H2,39,43)(H,40,45)(H,41,46)(H,42,44)/b32-23-. The first-order valence-corrected chi connectivity index (χ1v) is 15.7. The molecule has 234 valence electrons. The van der Waals surface area contributed by atoms with E-state index in [0.29, 0.717) is 27.5 Å². The summed E-state index contributed by atoms with van der Waals surface area (Å²) in [5.41, 5.74) is 8.39. The van der Waals surface area contributed by atoms with Gasteiger partial charge in [0, 0.05) is 21.2 Å². The monoisotopic (exact) mass is 660 g/mol. The first-order chi connectivity index (χ1) is 22.8. The van der Waals surface area contributed by atoms with Gasteiger partial charge in [0.25, 0.3) is 17.7 Å². The molecule has 5 aromatic rings. The van der Waals surface area contributed by atoms with Crippen LogP contribution in [0.1, 0.15) is 37.1 Å². The van der Waals surface area contributed by atoms with Crippen molar-refractivity contribution in [2.45, 2.75) is 10.1 Å². The molecule has 10 heteroatoms. The lowest BCUT2D eigenvalue weighted by Gasteiger charge is -2.18. The van der Waals surface area contributed by atoms with Crippen LogP contribution in [0.15, 0.2) is 144 Å². The van der Waals surface area contributed by atoms with Gasteiger partial charge in [-0.05, 0) is 77.9 Å². The van der Waals surface area contributed by atoms with Crippen LogP contribution in [0, 0.1) is 0 Å². The van der Waals surface area contributed by atoms with Crippen LogP contribution in [-0.4, -0.2) is 23.6 Å². The average Bonchev–Trinajstić information content (AvgIpc) is 3.09. The van der Waals surface area contributed by atoms with Crippen molar-refractivity contribution in [3.63, 3.8) is 0 Å². The number of carbonyl (C=O) groups is 4. The molecular formula is C37H29ClN4O4S. The number of para-hydroxylation sites is 1. The first kappa shape index (κ1) is 32.7. The van der Waals surface area contributed by atoms with Gasteiger partial charge in [-0.2, -0.15) is 0 Å². The fourth-order valence-corrected chi connectivity index (χ4v) is 5.68.